The van der Waals surface area contributed by atoms with Gasteiger partial charge in [0.2, 0.25) is 10.0 Å². The third-order valence-electron chi connectivity index (χ3n) is 2.11. The fourth-order valence-corrected chi connectivity index (χ4v) is 2.88. The summed E-state index contributed by atoms with van der Waals surface area (Å²) in [7, 11) is -3.96. The third kappa shape index (κ3) is 3.83. The van der Waals surface area contributed by atoms with Crippen molar-refractivity contribution in [2.45, 2.75) is 25.7 Å². The highest BCUT2D eigenvalue weighted by Gasteiger charge is 2.23. The molecule has 0 fully saturated rings. The summed E-state index contributed by atoms with van der Waals surface area (Å²) in [5.74, 6) is -0.985. The number of nitrogen functional groups attached to an aromatic ring is 1. The van der Waals surface area contributed by atoms with Crippen LogP contribution in [0.3, 0.4) is 0 Å². The van der Waals surface area contributed by atoms with Gasteiger partial charge in [-0.05, 0) is 17.5 Å². The highest BCUT2D eigenvalue weighted by molar-refractivity contribution is 7.89. The van der Waals surface area contributed by atoms with E-state index in [1.165, 1.54) is 6.07 Å². The molecule has 1 aromatic rings. The highest BCUT2D eigenvalue weighted by atomic mass is 35.5. The molecule has 0 saturated heterocycles. The van der Waals surface area contributed by atoms with Crippen LogP contribution in [0.2, 0.25) is 5.02 Å². The highest BCUT2D eigenvalue weighted by Crippen LogP contribution is 2.25. The number of benzene rings is 1. The number of halogens is 2. The van der Waals surface area contributed by atoms with Gasteiger partial charge in [0, 0.05) is 11.6 Å². The second kappa shape index (κ2) is 5.03. The molecule has 18 heavy (non-hydrogen) atoms. The van der Waals surface area contributed by atoms with Gasteiger partial charge in [-0.2, -0.15) is 0 Å². The van der Waals surface area contributed by atoms with Gasteiger partial charge in [-0.3, -0.25) is 0 Å². The predicted octanol–water partition coefficient (Wildman–Crippen LogP) is 2.39. The Bertz CT molecular complexity index is 553. The topological polar surface area (TPSA) is 72.2 Å². The van der Waals surface area contributed by atoms with E-state index in [1.54, 1.807) is 0 Å². The number of hydrogen-bond acceptors (Lipinski definition) is 3. The quantitative estimate of drug-likeness (QED) is 0.841. The van der Waals surface area contributed by atoms with Crippen LogP contribution in [0, 0.1) is 11.2 Å². The fraction of sp³-hybridized carbons (Fsp3) is 0.455. The van der Waals surface area contributed by atoms with Crippen LogP contribution >= 0.6 is 11.6 Å². The first-order valence-electron chi connectivity index (χ1n) is 5.27. The van der Waals surface area contributed by atoms with E-state index in [1.807, 2.05) is 20.8 Å². The summed E-state index contributed by atoms with van der Waals surface area (Å²) in [6, 6.07) is 2.21. The van der Waals surface area contributed by atoms with E-state index in [0.29, 0.717) is 0 Å². The molecule has 0 aliphatic heterocycles. The third-order valence-corrected chi connectivity index (χ3v) is 3.73. The van der Waals surface area contributed by atoms with E-state index in [-0.39, 0.29) is 22.7 Å². The number of nitrogens with two attached hydrogens (primary N) is 1. The van der Waals surface area contributed by atoms with Crippen molar-refractivity contribution in [2.24, 2.45) is 5.41 Å². The minimum Gasteiger partial charge on any atom is -0.396 e. The summed E-state index contributed by atoms with van der Waals surface area (Å²) >= 11 is 5.68. The van der Waals surface area contributed by atoms with E-state index in [0.717, 1.165) is 6.07 Å². The van der Waals surface area contributed by atoms with E-state index in [4.69, 9.17) is 17.3 Å². The van der Waals surface area contributed by atoms with E-state index < -0.39 is 20.7 Å². The zero-order chi connectivity index (χ0) is 14.1. The van der Waals surface area contributed by atoms with Gasteiger partial charge in [0.1, 0.15) is 4.90 Å². The zero-order valence-electron chi connectivity index (χ0n) is 10.4. The van der Waals surface area contributed by atoms with Crippen molar-refractivity contribution in [3.63, 3.8) is 0 Å². The van der Waals surface area contributed by atoms with Gasteiger partial charge in [-0.25, -0.2) is 17.5 Å². The maximum Gasteiger partial charge on any atom is 0.243 e. The largest absolute Gasteiger partial charge is 0.396 e. The molecule has 0 atom stereocenters. The lowest BCUT2D eigenvalue weighted by molar-refractivity contribution is 0.407. The molecule has 1 rings (SSSR count). The lowest BCUT2D eigenvalue weighted by Crippen LogP contribution is -2.32. The Morgan fingerprint density at radius 1 is 1.39 bits per heavy atom. The maximum atomic E-state index is 13.7. The molecule has 3 N–H and O–H groups in total. The molecule has 0 radical (unpaired) electrons. The molecule has 0 heterocycles. The van der Waals surface area contributed by atoms with E-state index >= 15 is 0 Å². The van der Waals surface area contributed by atoms with Crippen molar-refractivity contribution in [1.29, 1.82) is 0 Å². The summed E-state index contributed by atoms with van der Waals surface area (Å²) in [6.45, 7) is 5.76. The molecule has 0 bridgehead atoms. The summed E-state index contributed by atoms with van der Waals surface area (Å²) < 4.78 is 39.9. The van der Waals surface area contributed by atoms with Crippen LogP contribution in [0.15, 0.2) is 17.0 Å². The lowest BCUT2D eigenvalue weighted by atomic mass is 9.98. The van der Waals surface area contributed by atoms with Gasteiger partial charge < -0.3 is 5.73 Å². The van der Waals surface area contributed by atoms with Crippen molar-refractivity contribution in [3.8, 4) is 0 Å². The van der Waals surface area contributed by atoms with Gasteiger partial charge in [0.25, 0.3) is 0 Å². The van der Waals surface area contributed by atoms with Gasteiger partial charge in [0.15, 0.2) is 5.82 Å². The maximum absolute atomic E-state index is 13.7. The molecule has 0 aliphatic carbocycles. The summed E-state index contributed by atoms with van der Waals surface area (Å²) in [6.07, 6.45) is 0. The molecule has 0 spiro atoms. The first-order chi connectivity index (χ1) is 8.03. The Kier molecular flexibility index (Phi) is 4.25. The first-order valence-corrected chi connectivity index (χ1v) is 7.13. The van der Waals surface area contributed by atoms with Crippen LogP contribution in [0.1, 0.15) is 20.8 Å². The number of rotatable bonds is 3. The number of hydrogen-bond donors (Lipinski definition) is 2. The molecule has 0 unspecified atom stereocenters. The second-order valence-electron chi connectivity index (χ2n) is 5.19. The predicted molar refractivity (Wildman–Crippen MR) is 70.5 cm³/mol. The van der Waals surface area contributed by atoms with Crippen molar-refractivity contribution < 1.29 is 12.8 Å². The fourth-order valence-electron chi connectivity index (χ4n) is 1.17. The molecule has 102 valence electrons. The monoisotopic (exact) mass is 294 g/mol. The van der Waals surface area contributed by atoms with Crippen molar-refractivity contribution in [2.75, 3.05) is 12.3 Å². The molecular weight excluding hydrogens is 279 g/mol. The van der Waals surface area contributed by atoms with Gasteiger partial charge in [-0.15, -0.1) is 0 Å². The number of sulfonamides is 1. The minimum atomic E-state index is -3.96. The van der Waals surface area contributed by atoms with Crippen molar-refractivity contribution >= 4 is 27.3 Å². The first kappa shape index (κ1) is 15.2. The zero-order valence-corrected chi connectivity index (χ0v) is 12.0. The van der Waals surface area contributed by atoms with Gasteiger partial charge in [-0.1, -0.05) is 32.4 Å². The standard InChI is InChI=1S/C11H16ClFN2O2S/c1-11(2,3)6-15-18(16,17)9-5-7(12)4-8(14)10(9)13/h4-5,15H,6,14H2,1-3H3. The summed E-state index contributed by atoms with van der Waals surface area (Å²) in [5.41, 5.74) is 4.80. The number of nitrogens with one attached hydrogen (secondary N) is 1. The molecule has 0 aromatic heterocycles. The lowest BCUT2D eigenvalue weighted by Gasteiger charge is -2.19. The van der Waals surface area contributed by atoms with Crippen LogP contribution in [-0.4, -0.2) is 15.0 Å². The smallest absolute Gasteiger partial charge is 0.243 e. The average molecular weight is 295 g/mol. The molecule has 0 amide bonds. The Balaban J connectivity index is 3.13. The van der Waals surface area contributed by atoms with Crippen LogP contribution in [-0.2, 0) is 10.0 Å². The molecule has 4 nitrogen and oxygen atoms in total. The molecular formula is C11H16ClFN2O2S. The summed E-state index contributed by atoms with van der Waals surface area (Å²) in [5, 5.41) is 0.0741. The Hall–Kier alpha value is -0.850. The van der Waals surface area contributed by atoms with Crippen LogP contribution in [0.25, 0.3) is 0 Å². The Morgan fingerprint density at radius 2 is 1.94 bits per heavy atom. The molecule has 0 aliphatic rings. The van der Waals surface area contributed by atoms with Gasteiger partial charge >= 0.3 is 0 Å². The van der Waals surface area contributed by atoms with Crippen molar-refractivity contribution in [1.82, 2.24) is 4.72 Å². The minimum absolute atomic E-state index is 0.0741. The van der Waals surface area contributed by atoms with Gasteiger partial charge in [0.05, 0.1) is 5.69 Å². The van der Waals surface area contributed by atoms with Crippen molar-refractivity contribution in [3.05, 3.63) is 23.0 Å². The summed E-state index contributed by atoms with van der Waals surface area (Å²) in [4.78, 5) is -0.531. The molecule has 1 aromatic carbocycles. The normalized spacial score (nSPS) is 12.7. The van der Waals surface area contributed by atoms with Crippen LogP contribution < -0.4 is 10.5 Å². The molecule has 7 heteroatoms. The molecule has 0 saturated carbocycles. The second-order valence-corrected chi connectivity index (χ2v) is 7.36. The Morgan fingerprint density at radius 3 is 2.44 bits per heavy atom. The van der Waals surface area contributed by atoms with E-state index in [2.05, 4.69) is 4.72 Å². The number of anilines is 1. The Labute approximate surface area is 111 Å². The SMILES string of the molecule is CC(C)(C)CNS(=O)(=O)c1cc(Cl)cc(N)c1F. The van der Waals surface area contributed by atoms with E-state index in [9.17, 15) is 12.8 Å². The average Bonchev–Trinajstić information content (AvgIpc) is 2.19. The van der Waals surface area contributed by atoms with Crippen LogP contribution in [0.5, 0.6) is 0 Å². The van der Waals surface area contributed by atoms with Crippen LogP contribution in [0.4, 0.5) is 10.1 Å².